The minimum absolute atomic E-state index is 0.0355. The molecule has 1 heterocycles. The lowest BCUT2D eigenvalue weighted by molar-refractivity contribution is -0.132. The highest BCUT2D eigenvalue weighted by Gasteiger charge is 2.19. The van der Waals surface area contributed by atoms with Gasteiger partial charge in [0.05, 0.1) is 12.3 Å². The Kier molecular flexibility index (Phi) is 4.84. The molecule has 0 N–H and O–H groups in total. The van der Waals surface area contributed by atoms with Crippen molar-refractivity contribution in [2.24, 2.45) is 0 Å². The number of carbonyl (C=O) groups is 1. The molecule has 1 aromatic heterocycles. The molecule has 2 rings (SSSR count). The Labute approximate surface area is 126 Å². The highest BCUT2D eigenvalue weighted by atomic mass is 16.3. The summed E-state index contributed by atoms with van der Waals surface area (Å²) in [5.41, 5.74) is 3.75. The third-order valence-corrected chi connectivity index (χ3v) is 4.04. The van der Waals surface area contributed by atoms with E-state index in [1.54, 1.807) is 11.2 Å². The second kappa shape index (κ2) is 6.61. The van der Waals surface area contributed by atoms with E-state index in [-0.39, 0.29) is 11.9 Å². The Bertz CT molecular complexity index is 602. The van der Waals surface area contributed by atoms with Crippen molar-refractivity contribution in [2.75, 3.05) is 7.05 Å². The monoisotopic (exact) mass is 285 g/mol. The van der Waals surface area contributed by atoms with Crippen molar-refractivity contribution in [1.29, 1.82) is 0 Å². The zero-order chi connectivity index (χ0) is 15.4. The molecule has 0 fully saturated rings. The van der Waals surface area contributed by atoms with E-state index < -0.39 is 0 Å². The summed E-state index contributed by atoms with van der Waals surface area (Å²) in [6.07, 6.45) is 2.94. The molecule has 0 aliphatic rings. The smallest absolute Gasteiger partial charge is 0.223 e. The molecule has 1 aromatic carbocycles. The normalized spacial score (nSPS) is 12.2. The number of nitrogens with zero attached hydrogens (tertiary/aromatic N) is 1. The van der Waals surface area contributed by atoms with Gasteiger partial charge in [-0.2, -0.15) is 0 Å². The summed E-state index contributed by atoms with van der Waals surface area (Å²) in [6, 6.07) is 10.1. The van der Waals surface area contributed by atoms with Crippen molar-refractivity contribution < 1.29 is 9.21 Å². The van der Waals surface area contributed by atoms with Gasteiger partial charge in [-0.1, -0.05) is 23.8 Å². The standard InChI is InChI=1S/C18H23NO2/c1-13-7-8-16(14(2)12-13)9-10-18(20)19(4)15(3)17-6-5-11-21-17/h5-8,11-12,15H,9-10H2,1-4H3. The van der Waals surface area contributed by atoms with Gasteiger partial charge in [0.1, 0.15) is 5.76 Å². The van der Waals surface area contributed by atoms with Gasteiger partial charge in [0, 0.05) is 13.5 Å². The Morgan fingerprint density at radius 1 is 1.29 bits per heavy atom. The lowest BCUT2D eigenvalue weighted by Crippen LogP contribution is -2.29. The van der Waals surface area contributed by atoms with Gasteiger partial charge in [-0.05, 0) is 50.5 Å². The Morgan fingerprint density at radius 3 is 2.67 bits per heavy atom. The maximum Gasteiger partial charge on any atom is 0.223 e. The van der Waals surface area contributed by atoms with Crippen LogP contribution in [0.3, 0.4) is 0 Å². The van der Waals surface area contributed by atoms with Crippen molar-refractivity contribution in [2.45, 2.75) is 39.7 Å². The molecule has 1 atom stereocenters. The molecule has 0 saturated carbocycles. The summed E-state index contributed by atoms with van der Waals surface area (Å²) in [7, 11) is 1.83. The van der Waals surface area contributed by atoms with Crippen LogP contribution in [-0.4, -0.2) is 17.9 Å². The molecule has 0 saturated heterocycles. The summed E-state index contributed by atoms with van der Waals surface area (Å²) in [4.78, 5) is 14.1. The summed E-state index contributed by atoms with van der Waals surface area (Å²) < 4.78 is 5.37. The summed E-state index contributed by atoms with van der Waals surface area (Å²) in [6.45, 7) is 6.16. The molecular formula is C18H23NO2. The summed E-state index contributed by atoms with van der Waals surface area (Å²) in [5.74, 6) is 0.955. The van der Waals surface area contributed by atoms with Gasteiger partial charge < -0.3 is 9.32 Å². The van der Waals surface area contributed by atoms with E-state index in [4.69, 9.17) is 4.42 Å². The number of hydrogen-bond donors (Lipinski definition) is 0. The van der Waals surface area contributed by atoms with Crippen molar-refractivity contribution in [3.05, 3.63) is 59.0 Å². The largest absolute Gasteiger partial charge is 0.467 e. The zero-order valence-electron chi connectivity index (χ0n) is 13.2. The van der Waals surface area contributed by atoms with Crippen LogP contribution in [0.25, 0.3) is 0 Å². The van der Waals surface area contributed by atoms with Crippen molar-refractivity contribution >= 4 is 5.91 Å². The lowest BCUT2D eigenvalue weighted by Gasteiger charge is -2.23. The fourth-order valence-corrected chi connectivity index (χ4v) is 2.48. The number of hydrogen-bond acceptors (Lipinski definition) is 2. The van der Waals surface area contributed by atoms with Gasteiger partial charge in [-0.15, -0.1) is 0 Å². The van der Waals surface area contributed by atoms with Crippen LogP contribution in [0.5, 0.6) is 0 Å². The molecule has 112 valence electrons. The molecule has 0 aliphatic heterocycles. The molecule has 0 aliphatic carbocycles. The first-order valence-electron chi connectivity index (χ1n) is 7.34. The van der Waals surface area contributed by atoms with E-state index in [0.717, 1.165) is 12.2 Å². The van der Waals surface area contributed by atoms with Crippen LogP contribution in [-0.2, 0) is 11.2 Å². The van der Waals surface area contributed by atoms with Crippen LogP contribution in [0.2, 0.25) is 0 Å². The molecule has 3 nitrogen and oxygen atoms in total. The van der Waals surface area contributed by atoms with Crippen LogP contribution in [0, 0.1) is 13.8 Å². The van der Waals surface area contributed by atoms with Crippen LogP contribution >= 0.6 is 0 Å². The van der Waals surface area contributed by atoms with Gasteiger partial charge in [0.2, 0.25) is 5.91 Å². The zero-order valence-corrected chi connectivity index (χ0v) is 13.2. The molecular weight excluding hydrogens is 262 g/mol. The molecule has 21 heavy (non-hydrogen) atoms. The fraction of sp³-hybridized carbons (Fsp3) is 0.389. The average Bonchev–Trinajstić information content (AvgIpc) is 2.98. The van der Waals surface area contributed by atoms with Gasteiger partial charge in [0.15, 0.2) is 0 Å². The highest BCUT2D eigenvalue weighted by molar-refractivity contribution is 5.76. The summed E-state index contributed by atoms with van der Waals surface area (Å²) >= 11 is 0. The van der Waals surface area contributed by atoms with E-state index in [0.29, 0.717) is 6.42 Å². The fourth-order valence-electron chi connectivity index (χ4n) is 2.48. The molecule has 1 amide bonds. The van der Waals surface area contributed by atoms with E-state index in [1.807, 2.05) is 26.1 Å². The second-order valence-corrected chi connectivity index (χ2v) is 5.63. The van der Waals surface area contributed by atoms with Crippen molar-refractivity contribution in [3.63, 3.8) is 0 Å². The van der Waals surface area contributed by atoms with Gasteiger partial charge in [-0.3, -0.25) is 4.79 Å². The van der Waals surface area contributed by atoms with E-state index in [9.17, 15) is 4.79 Å². The number of furan rings is 1. The van der Waals surface area contributed by atoms with Crippen molar-refractivity contribution in [3.8, 4) is 0 Å². The van der Waals surface area contributed by atoms with Crippen LogP contribution in [0.15, 0.2) is 41.0 Å². The van der Waals surface area contributed by atoms with Gasteiger partial charge in [0.25, 0.3) is 0 Å². The quantitative estimate of drug-likeness (QED) is 0.830. The first kappa shape index (κ1) is 15.4. The predicted octanol–water partition coefficient (Wildman–Crippen LogP) is 4.05. The maximum atomic E-state index is 12.3. The lowest BCUT2D eigenvalue weighted by atomic mass is 10.0. The molecule has 0 radical (unpaired) electrons. The average molecular weight is 285 g/mol. The predicted molar refractivity (Wildman–Crippen MR) is 84.1 cm³/mol. The second-order valence-electron chi connectivity index (χ2n) is 5.63. The Hall–Kier alpha value is -2.03. The number of amides is 1. The van der Waals surface area contributed by atoms with Gasteiger partial charge >= 0.3 is 0 Å². The summed E-state index contributed by atoms with van der Waals surface area (Å²) in [5, 5.41) is 0. The molecule has 3 heteroatoms. The third kappa shape index (κ3) is 3.75. The minimum atomic E-state index is -0.0355. The highest BCUT2D eigenvalue weighted by Crippen LogP contribution is 2.20. The molecule has 2 aromatic rings. The van der Waals surface area contributed by atoms with Crippen LogP contribution < -0.4 is 0 Å². The minimum Gasteiger partial charge on any atom is -0.467 e. The first-order chi connectivity index (χ1) is 9.99. The van der Waals surface area contributed by atoms with Crippen LogP contribution in [0.4, 0.5) is 0 Å². The van der Waals surface area contributed by atoms with E-state index >= 15 is 0 Å². The Balaban J connectivity index is 1.95. The van der Waals surface area contributed by atoms with E-state index in [2.05, 4.69) is 32.0 Å². The Morgan fingerprint density at radius 2 is 2.05 bits per heavy atom. The number of benzene rings is 1. The van der Waals surface area contributed by atoms with E-state index in [1.165, 1.54) is 16.7 Å². The number of aryl methyl sites for hydroxylation is 3. The molecule has 0 spiro atoms. The molecule has 0 bridgehead atoms. The maximum absolute atomic E-state index is 12.3. The van der Waals surface area contributed by atoms with Crippen molar-refractivity contribution in [1.82, 2.24) is 4.90 Å². The SMILES string of the molecule is Cc1ccc(CCC(=O)N(C)C(C)c2ccco2)c(C)c1. The first-order valence-corrected chi connectivity index (χ1v) is 7.34. The number of carbonyl (C=O) groups excluding carboxylic acids is 1. The molecule has 1 unspecified atom stereocenters. The van der Waals surface area contributed by atoms with Crippen LogP contribution in [0.1, 0.15) is 41.8 Å². The van der Waals surface area contributed by atoms with Gasteiger partial charge in [-0.25, -0.2) is 0 Å². The number of rotatable bonds is 5. The third-order valence-electron chi connectivity index (χ3n) is 4.04. The topological polar surface area (TPSA) is 33.5 Å².